The van der Waals surface area contributed by atoms with E-state index in [-0.39, 0.29) is 17.8 Å². The van der Waals surface area contributed by atoms with Gasteiger partial charge in [0.05, 0.1) is 39.7 Å². The number of ether oxygens (including phenoxy) is 1. The lowest BCUT2D eigenvalue weighted by Crippen LogP contribution is -2.27. The van der Waals surface area contributed by atoms with Crippen LogP contribution in [0, 0.1) is 18.7 Å². The lowest BCUT2D eigenvalue weighted by atomic mass is 9.86. The van der Waals surface area contributed by atoms with Gasteiger partial charge in [-0.3, -0.25) is 9.97 Å². The van der Waals surface area contributed by atoms with E-state index >= 15 is 0 Å². The van der Waals surface area contributed by atoms with Gasteiger partial charge in [-0.15, -0.1) is 5.10 Å². The fourth-order valence-corrected chi connectivity index (χ4v) is 5.74. The molecule has 4 aromatic heterocycles. The van der Waals surface area contributed by atoms with Crippen LogP contribution in [0.4, 0.5) is 4.39 Å². The molecule has 0 saturated carbocycles. The summed E-state index contributed by atoms with van der Waals surface area (Å²) in [7, 11) is 1.87. The average Bonchev–Trinajstić information content (AvgIpc) is 3.41. The first-order chi connectivity index (χ1) is 18.2. The molecule has 196 valence electrons. The minimum Gasteiger partial charge on any atom is -0.384 e. The molecule has 0 bridgehead atoms. The lowest BCUT2D eigenvalue weighted by Gasteiger charge is -2.33. The Morgan fingerprint density at radius 3 is 2.45 bits per heavy atom. The van der Waals surface area contributed by atoms with E-state index in [9.17, 15) is 9.50 Å². The van der Waals surface area contributed by atoms with Crippen LogP contribution in [0.2, 0.25) is 0 Å². The number of hydrogen-bond acceptors (Lipinski definition) is 6. The number of pyridine rings is 2. The van der Waals surface area contributed by atoms with Crippen LogP contribution in [0.1, 0.15) is 49.7 Å². The molecule has 0 unspecified atom stereocenters. The Morgan fingerprint density at radius 1 is 1.05 bits per heavy atom. The molecule has 1 aromatic carbocycles. The molecule has 38 heavy (non-hydrogen) atoms. The van der Waals surface area contributed by atoms with E-state index in [2.05, 4.69) is 25.9 Å². The van der Waals surface area contributed by atoms with Gasteiger partial charge in [-0.25, -0.2) is 9.07 Å². The Balaban J connectivity index is 1.69. The molecule has 0 amide bonds. The van der Waals surface area contributed by atoms with Crippen molar-refractivity contribution in [2.24, 2.45) is 13.0 Å². The highest BCUT2D eigenvalue weighted by Gasteiger charge is 2.31. The summed E-state index contributed by atoms with van der Waals surface area (Å²) in [6.45, 7) is 6.76. The smallest absolute Gasteiger partial charge is 0.123 e. The van der Waals surface area contributed by atoms with Gasteiger partial charge in [-0.05, 0) is 69.4 Å². The van der Waals surface area contributed by atoms with Crippen molar-refractivity contribution in [1.29, 1.82) is 0 Å². The number of aromatic nitrogens is 6. The number of aryl methyl sites for hydroxylation is 2. The number of benzene rings is 1. The van der Waals surface area contributed by atoms with E-state index in [0.29, 0.717) is 18.9 Å². The van der Waals surface area contributed by atoms with Gasteiger partial charge in [0.15, 0.2) is 0 Å². The summed E-state index contributed by atoms with van der Waals surface area (Å²) < 4.78 is 23.8. The lowest BCUT2D eigenvalue weighted by molar-refractivity contribution is 0.0552. The predicted octanol–water partition coefficient (Wildman–Crippen LogP) is 5.07. The summed E-state index contributed by atoms with van der Waals surface area (Å²) in [5.41, 5.74) is 5.80. The van der Waals surface area contributed by atoms with Crippen molar-refractivity contribution < 1.29 is 14.2 Å². The van der Waals surface area contributed by atoms with Gasteiger partial charge in [-0.1, -0.05) is 17.3 Å². The number of nitrogens with zero attached hydrogens (tertiary/aromatic N) is 6. The van der Waals surface area contributed by atoms with Gasteiger partial charge in [0.2, 0.25) is 0 Å². The second kappa shape index (κ2) is 9.25. The number of hydrogen-bond donors (Lipinski definition) is 1. The molecule has 0 radical (unpaired) electrons. The molecule has 1 atom stereocenters. The molecule has 5 heterocycles. The first-order valence-electron chi connectivity index (χ1n) is 12.9. The SMILES string of the molecule is Cc1nnn(C)c1-c1cnc2c3cnc(C(C)(C)O)cc3n([C@H](c3ccc(F)cc3)C3CCOCC3)c2c1. The van der Waals surface area contributed by atoms with Gasteiger partial charge >= 0.3 is 0 Å². The molecule has 5 aromatic rings. The summed E-state index contributed by atoms with van der Waals surface area (Å²) in [5, 5.41) is 20.1. The Hall–Kier alpha value is -3.69. The zero-order valence-corrected chi connectivity index (χ0v) is 22.0. The van der Waals surface area contributed by atoms with Crippen molar-refractivity contribution in [3.8, 4) is 11.3 Å². The molecule has 1 fully saturated rings. The zero-order valence-electron chi connectivity index (χ0n) is 22.0. The van der Waals surface area contributed by atoms with Crippen LogP contribution in [-0.2, 0) is 17.4 Å². The highest BCUT2D eigenvalue weighted by atomic mass is 19.1. The van der Waals surface area contributed by atoms with Crippen molar-refractivity contribution >= 4 is 21.9 Å². The summed E-state index contributed by atoms with van der Waals surface area (Å²) >= 11 is 0. The second-order valence-electron chi connectivity index (χ2n) is 10.7. The molecule has 1 aliphatic rings. The zero-order chi connectivity index (χ0) is 26.6. The molecule has 9 heteroatoms. The van der Waals surface area contributed by atoms with Crippen molar-refractivity contribution in [3.63, 3.8) is 0 Å². The van der Waals surface area contributed by atoms with E-state index in [1.807, 2.05) is 38.4 Å². The first kappa shape index (κ1) is 24.6. The van der Waals surface area contributed by atoms with E-state index in [1.54, 1.807) is 24.7 Å². The minimum atomic E-state index is -1.12. The van der Waals surface area contributed by atoms with E-state index in [0.717, 1.165) is 57.3 Å². The number of rotatable bonds is 5. The fourth-order valence-electron chi connectivity index (χ4n) is 5.74. The Labute approximate surface area is 220 Å². The van der Waals surface area contributed by atoms with Crippen LogP contribution in [0.3, 0.4) is 0 Å². The third-order valence-corrected chi connectivity index (χ3v) is 7.62. The van der Waals surface area contributed by atoms with Crippen LogP contribution in [0.5, 0.6) is 0 Å². The summed E-state index contributed by atoms with van der Waals surface area (Å²) in [4.78, 5) is 9.52. The van der Waals surface area contributed by atoms with Crippen molar-refractivity contribution in [2.75, 3.05) is 13.2 Å². The minimum absolute atomic E-state index is 0.0978. The van der Waals surface area contributed by atoms with Gasteiger partial charge in [0, 0.05) is 43.6 Å². The molecule has 8 nitrogen and oxygen atoms in total. The van der Waals surface area contributed by atoms with Crippen molar-refractivity contribution in [2.45, 2.75) is 45.3 Å². The van der Waals surface area contributed by atoms with Crippen LogP contribution in [0.15, 0.2) is 48.8 Å². The molecule has 0 spiro atoms. The van der Waals surface area contributed by atoms with E-state index < -0.39 is 5.60 Å². The maximum Gasteiger partial charge on any atom is 0.123 e. The Morgan fingerprint density at radius 2 is 1.79 bits per heavy atom. The molecule has 1 N–H and O–H groups in total. The Kier molecular flexibility index (Phi) is 6.00. The maximum absolute atomic E-state index is 14.0. The van der Waals surface area contributed by atoms with Crippen LogP contribution >= 0.6 is 0 Å². The second-order valence-corrected chi connectivity index (χ2v) is 10.7. The van der Waals surface area contributed by atoms with Gasteiger partial charge in [0.1, 0.15) is 11.4 Å². The van der Waals surface area contributed by atoms with Gasteiger partial charge < -0.3 is 14.4 Å². The first-order valence-corrected chi connectivity index (χ1v) is 12.9. The highest BCUT2D eigenvalue weighted by molar-refractivity contribution is 6.06. The molecule has 6 rings (SSSR count). The van der Waals surface area contributed by atoms with Gasteiger partial charge in [0.25, 0.3) is 0 Å². The fraction of sp³-hybridized carbons (Fsp3) is 0.379. The summed E-state index contributed by atoms with van der Waals surface area (Å²) in [6.07, 6.45) is 5.41. The predicted molar refractivity (Wildman–Crippen MR) is 143 cm³/mol. The quantitative estimate of drug-likeness (QED) is 0.352. The standard InChI is InChI=1S/C29H31FN6O2/c1-17-27(35(4)34-33-17)20-13-24-26(32-15-20)22-16-31-25(29(2,3)37)14-23(22)36(24)28(19-9-11-38-12-10-19)18-5-7-21(30)8-6-18/h5-8,13-16,19,28,37H,9-12H2,1-4H3/t28-/m1/s1. The maximum atomic E-state index is 14.0. The van der Waals surface area contributed by atoms with E-state index in [4.69, 9.17) is 9.72 Å². The summed E-state index contributed by atoms with van der Waals surface area (Å²) in [5.74, 6) is -0.00567. The normalized spacial score (nSPS) is 15.9. The topological polar surface area (TPSA) is 90.9 Å². The van der Waals surface area contributed by atoms with Crippen LogP contribution in [0.25, 0.3) is 33.2 Å². The molecule has 1 saturated heterocycles. The molecule has 1 aliphatic heterocycles. The summed E-state index contributed by atoms with van der Waals surface area (Å²) in [6, 6.07) is 10.8. The Bertz CT molecular complexity index is 1610. The monoisotopic (exact) mass is 514 g/mol. The number of aliphatic hydroxyl groups is 1. The van der Waals surface area contributed by atoms with Gasteiger partial charge in [-0.2, -0.15) is 0 Å². The third-order valence-electron chi connectivity index (χ3n) is 7.62. The average molecular weight is 515 g/mol. The van der Waals surface area contributed by atoms with Crippen molar-refractivity contribution in [1.82, 2.24) is 29.5 Å². The molecule has 0 aliphatic carbocycles. The number of halogens is 1. The van der Waals surface area contributed by atoms with Crippen molar-refractivity contribution in [3.05, 3.63) is 71.6 Å². The van der Waals surface area contributed by atoms with E-state index in [1.165, 1.54) is 12.1 Å². The largest absolute Gasteiger partial charge is 0.384 e. The molecular formula is C29H31FN6O2. The third kappa shape index (κ3) is 4.16. The van der Waals surface area contributed by atoms with Crippen LogP contribution in [-0.4, -0.2) is 47.8 Å². The number of fused-ring (bicyclic) bond motifs is 3. The highest BCUT2D eigenvalue weighted by Crippen LogP contribution is 2.41. The molecular weight excluding hydrogens is 483 g/mol. The van der Waals surface area contributed by atoms with Crippen LogP contribution < -0.4 is 0 Å².